The van der Waals surface area contributed by atoms with Gasteiger partial charge in [0.2, 0.25) is 0 Å². The lowest BCUT2D eigenvalue weighted by atomic mass is 9.91. The van der Waals surface area contributed by atoms with Gasteiger partial charge in [-0.1, -0.05) is 19.6 Å². The standard InChI is InChI=1S/C23H36N4O3Si/c1-17-22(27(15-25-17)16-30-12-13-31(3,4)5)18-8-10-26(11-9-18)21-14-19(23(28)29-2)6-7-20(21)24/h6-7,14-15,18H,8-13,16,24H2,1-5H3. The number of hydrogen-bond acceptors (Lipinski definition) is 6. The van der Waals surface area contributed by atoms with E-state index < -0.39 is 8.07 Å². The van der Waals surface area contributed by atoms with E-state index in [2.05, 4.69) is 41.0 Å². The normalized spacial score (nSPS) is 15.3. The minimum absolute atomic E-state index is 0.343. The van der Waals surface area contributed by atoms with Crippen LogP contribution in [0, 0.1) is 6.92 Å². The van der Waals surface area contributed by atoms with Crippen molar-refractivity contribution < 1.29 is 14.3 Å². The molecule has 0 spiro atoms. The molecule has 0 amide bonds. The molecule has 1 aromatic heterocycles. The molecule has 0 radical (unpaired) electrons. The highest BCUT2D eigenvalue weighted by molar-refractivity contribution is 6.76. The SMILES string of the molecule is COC(=O)c1ccc(N)c(N2CCC(c3c(C)ncn3COCC[Si](C)(C)C)CC2)c1. The summed E-state index contributed by atoms with van der Waals surface area (Å²) in [5.41, 5.74) is 10.7. The summed E-state index contributed by atoms with van der Waals surface area (Å²) in [6, 6.07) is 6.50. The molecule has 0 atom stereocenters. The maximum absolute atomic E-state index is 11.9. The number of rotatable bonds is 8. The topological polar surface area (TPSA) is 82.6 Å². The van der Waals surface area contributed by atoms with Crippen LogP contribution in [0.1, 0.15) is 40.5 Å². The number of hydrogen-bond donors (Lipinski definition) is 1. The predicted octanol–water partition coefficient (Wildman–Crippen LogP) is 4.26. The van der Waals surface area contributed by atoms with Gasteiger partial charge in [0.1, 0.15) is 6.73 Å². The number of esters is 1. The molecule has 7 nitrogen and oxygen atoms in total. The van der Waals surface area contributed by atoms with Crippen molar-refractivity contribution >= 4 is 25.4 Å². The van der Waals surface area contributed by atoms with Crippen molar-refractivity contribution in [2.24, 2.45) is 0 Å². The molecule has 0 aliphatic carbocycles. The van der Waals surface area contributed by atoms with E-state index in [-0.39, 0.29) is 5.97 Å². The van der Waals surface area contributed by atoms with Gasteiger partial charge in [0.25, 0.3) is 0 Å². The molecule has 1 aliphatic heterocycles. The molecule has 0 bridgehead atoms. The lowest BCUT2D eigenvalue weighted by molar-refractivity contribution is 0.0601. The number of carbonyl (C=O) groups excluding carboxylic acids is 1. The van der Waals surface area contributed by atoms with E-state index in [0.29, 0.717) is 23.9 Å². The summed E-state index contributed by atoms with van der Waals surface area (Å²) in [6.07, 6.45) is 3.91. The van der Waals surface area contributed by atoms with Crippen molar-refractivity contribution in [3.8, 4) is 0 Å². The summed E-state index contributed by atoms with van der Waals surface area (Å²) in [6.45, 7) is 12.3. The van der Waals surface area contributed by atoms with Gasteiger partial charge in [0, 0.05) is 39.4 Å². The van der Waals surface area contributed by atoms with E-state index in [4.69, 9.17) is 15.2 Å². The monoisotopic (exact) mass is 444 g/mol. The van der Waals surface area contributed by atoms with E-state index in [0.717, 1.165) is 43.9 Å². The molecule has 3 rings (SSSR count). The zero-order chi connectivity index (χ0) is 22.6. The molecule has 2 N–H and O–H groups in total. The fourth-order valence-corrected chi connectivity index (χ4v) is 4.88. The van der Waals surface area contributed by atoms with Crippen LogP contribution in [0.3, 0.4) is 0 Å². The molecule has 1 aliphatic rings. The Labute approximate surface area is 186 Å². The highest BCUT2D eigenvalue weighted by Gasteiger charge is 2.26. The minimum atomic E-state index is -1.09. The lowest BCUT2D eigenvalue weighted by Crippen LogP contribution is -2.34. The zero-order valence-electron chi connectivity index (χ0n) is 19.5. The molecular weight excluding hydrogens is 408 g/mol. The number of ether oxygens (including phenoxy) is 2. The van der Waals surface area contributed by atoms with Crippen molar-refractivity contribution in [3.05, 3.63) is 41.5 Å². The van der Waals surface area contributed by atoms with Crippen molar-refractivity contribution in [2.45, 2.75) is 58.1 Å². The Hall–Kier alpha value is -2.32. The fourth-order valence-electron chi connectivity index (χ4n) is 4.12. The van der Waals surface area contributed by atoms with Gasteiger partial charge in [0.15, 0.2) is 0 Å². The summed E-state index contributed by atoms with van der Waals surface area (Å²) in [5, 5.41) is 0. The van der Waals surface area contributed by atoms with Gasteiger partial charge in [-0.25, -0.2) is 9.78 Å². The number of carbonyl (C=O) groups is 1. The van der Waals surface area contributed by atoms with Crippen LogP contribution >= 0.6 is 0 Å². The molecule has 170 valence electrons. The summed E-state index contributed by atoms with van der Waals surface area (Å²) >= 11 is 0. The molecular formula is C23H36N4O3Si. The Morgan fingerprint density at radius 3 is 2.61 bits per heavy atom. The summed E-state index contributed by atoms with van der Waals surface area (Å²) in [4.78, 5) is 18.7. The average molecular weight is 445 g/mol. The summed E-state index contributed by atoms with van der Waals surface area (Å²) in [7, 11) is 0.304. The second-order valence-corrected chi connectivity index (χ2v) is 15.2. The van der Waals surface area contributed by atoms with Crippen molar-refractivity contribution in [2.75, 3.05) is 37.4 Å². The van der Waals surface area contributed by atoms with E-state index in [1.165, 1.54) is 18.8 Å². The van der Waals surface area contributed by atoms with Gasteiger partial charge in [-0.15, -0.1) is 0 Å². The predicted molar refractivity (Wildman–Crippen MR) is 127 cm³/mol. The number of aryl methyl sites for hydroxylation is 1. The number of imidazole rings is 1. The maximum Gasteiger partial charge on any atom is 0.337 e. The smallest absolute Gasteiger partial charge is 0.337 e. The number of nitrogen functional groups attached to an aromatic ring is 1. The molecule has 0 saturated carbocycles. The number of methoxy groups -OCH3 is 1. The number of nitrogens with zero attached hydrogens (tertiary/aromatic N) is 3. The third-order valence-electron chi connectivity index (χ3n) is 5.97. The number of nitrogens with two attached hydrogens (primary N) is 1. The van der Waals surface area contributed by atoms with Gasteiger partial charge in [0.05, 0.1) is 36.1 Å². The van der Waals surface area contributed by atoms with Gasteiger partial charge >= 0.3 is 5.97 Å². The van der Waals surface area contributed by atoms with Crippen LogP contribution < -0.4 is 10.6 Å². The first kappa shape index (κ1) is 23.3. The average Bonchev–Trinajstić information content (AvgIpc) is 3.11. The van der Waals surface area contributed by atoms with Crippen LogP contribution in [-0.4, -0.2) is 50.4 Å². The zero-order valence-corrected chi connectivity index (χ0v) is 20.5. The molecule has 1 saturated heterocycles. The largest absolute Gasteiger partial charge is 0.465 e. The molecule has 2 heterocycles. The second kappa shape index (κ2) is 9.87. The van der Waals surface area contributed by atoms with Gasteiger partial charge in [-0.2, -0.15) is 0 Å². The lowest BCUT2D eigenvalue weighted by Gasteiger charge is -2.35. The minimum Gasteiger partial charge on any atom is -0.465 e. The number of piperidine rings is 1. The van der Waals surface area contributed by atoms with E-state index in [1.807, 2.05) is 12.4 Å². The Morgan fingerprint density at radius 1 is 1.26 bits per heavy atom. The first-order valence-electron chi connectivity index (χ1n) is 11.0. The molecule has 31 heavy (non-hydrogen) atoms. The fraction of sp³-hybridized carbons (Fsp3) is 0.565. The van der Waals surface area contributed by atoms with Crippen molar-refractivity contribution in [1.82, 2.24) is 9.55 Å². The number of benzene rings is 1. The molecule has 2 aromatic rings. The van der Waals surface area contributed by atoms with E-state index in [9.17, 15) is 4.79 Å². The molecule has 0 unspecified atom stereocenters. The van der Waals surface area contributed by atoms with Gasteiger partial charge in [-0.3, -0.25) is 0 Å². The van der Waals surface area contributed by atoms with Crippen LogP contribution in [0.25, 0.3) is 0 Å². The highest BCUT2D eigenvalue weighted by atomic mass is 28.3. The third-order valence-corrected chi connectivity index (χ3v) is 7.68. The van der Waals surface area contributed by atoms with Crippen LogP contribution in [0.2, 0.25) is 25.7 Å². The molecule has 1 fully saturated rings. The Kier molecular flexibility index (Phi) is 7.43. The second-order valence-electron chi connectivity index (χ2n) is 9.56. The Morgan fingerprint density at radius 2 is 1.97 bits per heavy atom. The third kappa shape index (κ3) is 5.89. The van der Waals surface area contributed by atoms with Crippen molar-refractivity contribution in [1.29, 1.82) is 0 Å². The van der Waals surface area contributed by atoms with Crippen molar-refractivity contribution in [3.63, 3.8) is 0 Å². The van der Waals surface area contributed by atoms with E-state index >= 15 is 0 Å². The van der Waals surface area contributed by atoms with Gasteiger partial charge < -0.3 is 24.7 Å². The highest BCUT2D eigenvalue weighted by Crippen LogP contribution is 2.34. The number of anilines is 2. The first-order valence-corrected chi connectivity index (χ1v) is 14.7. The Balaban J connectivity index is 1.64. The summed E-state index contributed by atoms with van der Waals surface area (Å²) in [5.74, 6) is 0.0918. The maximum atomic E-state index is 11.9. The quantitative estimate of drug-likeness (QED) is 0.284. The molecule has 8 heteroatoms. The van der Waals surface area contributed by atoms with Gasteiger partial charge in [-0.05, 0) is 44.0 Å². The van der Waals surface area contributed by atoms with Crippen LogP contribution in [0.5, 0.6) is 0 Å². The molecule has 1 aromatic carbocycles. The van der Waals surface area contributed by atoms with Crippen LogP contribution in [-0.2, 0) is 16.2 Å². The Bertz CT molecular complexity index is 899. The first-order chi connectivity index (χ1) is 14.7. The van der Waals surface area contributed by atoms with Crippen LogP contribution in [0.15, 0.2) is 24.5 Å². The van der Waals surface area contributed by atoms with Crippen LogP contribution in [0.4, 0.5) is 11.4 Å². The summed E-state index contributed by atoms with van der Waals surface area (Å²) < 4.78 is 13.0. The van der Waals surface area contributed by atoms with E-state index in [1.54, 1.807) is 12.1 Å². The number of aromatic nitrogens is 2.